The number of aliphatic carboxylic acids is 1. The topological polar surface area (TPSA) is 49.7 Å². The van der Waals surface area contributed by atoms with Crippen LogP contribution in [0.2, 0.25) is 0 Å². The lowest BCUT2D eigenvalue weighted by Gasteiger charge is -2.17. The van der Waals surface area contributed by atoms with Gasteiger partial charge >= 0.3 is 5.97 Å². The molecule has 0 saturated heterocycles. The molecule has 0 aromatic heterocycles. The Morgan fingerprint density at radius 3 is 3.20 bits per heavy atom. The van der Waals surface area contributed by atoms with Crippen molar-refractivity contribution in [3.63, 3.8) is 0 Å². The van der Waals surface area contributed by atoms with Gasteiger partial charge in [0.05, 0.1) is 0 Å². The van der Waals surface area contributed by atoms with Crippen LogP contribution in [0.1, 0.15) is 19.3 Å². The normalized spacial score (nSPS) is 22.3. The van der Waals surface area contributed by atoms with E-state index in [4.69, 9.17) is 5.11 Å². The van der Waals surface area contributed by atoms with Gasteiger partial charge in [0.2, 0.25) is 0 Å². The minimum atomic E-state index is -0.720. The molecule has 1 aliphatic carbocycles. The maximum absolute atomic E-state index is 10.4. The van der Waals surface area contributed by atoms with Gasteiger partial charge in [-0.1, -0.05) is 18.2 Å². The van der Waals surface area contributed by atoms with Gasteiger partial charge in [-0.05, 0) is 24.0 Å². The van der Waals surface area contributed by atoms with Gasteiger partial charge in [-0.2, -0.15) is 0 Å². The van der Waals surface area contributed by atoms with Gasteiger partial charge in [-0.25, -0.2) is 0 Å². The summed E-state index contributed by atoms with van der Waals surface area (Å²) in [5.41, 5.74) is 2.39. The van der Waals surface area contributed by atoms with E-state index in [0.29, 0.717) is 5.92 Å². The van der Waals surface area contributed by atoms with E-state index in [2.05, 4.69) is 11.1 Å². The van der Waals surface area contributed by atoms with Crippen molar-refractivity contribution < 1.29 is 9.90 Å². The zero-order valence-electron chi connectivity index (χ0n) is 8.39. The van der Waals surface area contributed by atoms with Crippen LogP contribution in [0.5, 0.6) is 0 Å². The van der Waals surface area contributed by atoms with Crippen LogP contribution in [-0.4, -0.2) is 17.3 Å². The molecule has 1 heterocycles. The molecule has 0 aromatic carbocycles. The second-order valence-corrected chi connectivity index (χ2v) is 3.76. The Morgan fingerprint density at radius 1 is 1.53 bits per heavy atom. The molecule has 2 aliphatic rings. The summed E-state index contributed by atoms with van der Waals surface area (Å²) in [4.78, 5) is 14.5. The summed E-state index contributed by atoms with van der Waals surface area (Å²) in [6, 6.07) is 0. The van der Waals surface area contributed by atoms with Gasteiger partial charge in [0, 0.05) is 24.8 Å². The van der Waals surface area contributed by atoms with Crippen LogP contribution < -0.4 is 0 Å². The number of fused-ring (bicyclic) bond motifs is 1. The van der Waals surface area contributed by atoms with E-state index < -0.39 is 5.97 Å². The maximum atomic E-state index is 10.4. The second-order valence-electron chi connectivity index (χ2n) is 3.76. The number of carboxylic acids is 1. The fourth-order valence-electron chi connectivity index (χ4n) is 1.92. The molecular formula is C12H13NO2. The largest absolute Gasteiger partial charge is 0.481 e. The summed E-state index contributed by atoms with van der Waals surface area (Å²) in [5, 5.41) is 8.56. The lowest BCUT2D eigenvalue weighted by Crippen LogP contribution is -2.06. The lowest BCUT2D eigenvalue weighted by molar-refractivity contribution is -0.137. The lowest BCUT2D eigenvalue weighted by atomic mass is 9.86. The summed E-state index contributed by atoms with van der Waals surface area (Å²) in [6.07, 6.45) is 11.8. The number of hydrogen-bond acceptors (Lipinski definition) is 2. The van der Waals surface area contributed by atoms with Gasteiger partial charge in [0.25, 0.3) is 0 Å². The third-order valence-electron chi connectivity index (χ3n) is 2.69. The maximum Gasteiger partial charge on any atom is 0.303 e. The molecule has 0 aromatic rings. The SMILES string of the molecule is O=C(O)CCCC1C=CC=C2C=NC=C21. The first-order chi connectivity index (χ1) is 7.27. The van der Waals surface area contributed by atoms with Crippen LogP contribution >= 0.6 is 0 Å². The summed E-state index contributed by atoms with van der Waals surface area (Å²) < 4.78 is 0. The van der Waals surface area contributed by atoms with Crippen molar-refractivity contribution in [1.82, 2.24) is 0 Å². The number of allylic oxidation sites excluding steroid dienone is 5. The minimum Gasteiger partial charge on any atom is -0.481 e. The number of rotatable bonds is 4. The molecular weight excluding hydrogens is 190 g/mol. The molecule has 0 fully saturated rings. The molecule has 78 valence electrons. The van der Waals surface area contributed by atoms with Crippen molar-refractivity contribution in [2.24, 2.45) is 10.9 Å². The molecule has 1 aliphatic heterocycles. The Bertz CT molecular complexity index is 388. The van der Waals surface area contributed by atoms with E-state index in [1.807, 2.05) is 24.6 Å². The van der Waals surface area contributed by atoms with E-state index in [0.717, 1.165) is 18.4 Å². The van der Waals surface area contributed by atoms with Gasteiger partial charge in [0.15, 0.2) is 0 Å². The zero-order chi connectivity index (χ0) is 10.7. The first-order valence-corrected chi connectivity index (χ1v) is 5.11. The summed E-state index contributed by atoms with van der Waals surface area (Å²) in [6.45, 7) is 0. The Kier molecular flexibility index (Phi) is 2.81. The molecule has 0 amide bonds. The smallest absolute Gasteiger partial charge is 0.303 e. The Labute approximate surface area is 88.5 Å². The van der Waals surface area contributed by atoms with Crippen LogP contribution in [0.25, 0.3) is 0 Å². The third-order valence-corrected chi connectivity index (χ3v) is 2.69. The van der Waals surface area contributed by atoms with Crippen molar-refractivity contribution in [1.29, 1.82) is 0 Å². The van der Waals surface area contributed by atoms with E-state index in [1.165, 1.54) is 5.57 Å². The van der Waals surface area contributed by atoms with Crippen LogP contribution in [0.3, 0.4) is 0 Å². The number of hydrogen-bond donors (Lipinski definition) is 1. The average molecular weight is 203 g/mol. The van der Waals surface area contributed by atoms with Gasteiger partial charge < -0.3 is 5.11 Å². The predicted molar refractivity (Wildman–Crippen MR) is 58.8 cm³/mol. The Balaban J connectivity index is 1.92. The fraction of sp³-hybridized carbons (Fsp3) is 0.333. The molecule has 2 rings (SSSR count). The second kappa shape index (κ2) is 4.26. The molecule has 1 N–H and O–H groups in total. The molecule has 0 saturated carbocycles. The van der Waals surface area contributed by atoms with Crippen molar-refractivity contribution in [3.05, 3.63) is 35.6 Å². The molecule has 0 bridgehead atoms. The predicted octanol–water partition coefficient (Wildman–Crippen LogP) is 2.32. The zero-order valence-corrected chi connectivity index (χ0v) is 8.39. The van der Waals surface area contributed by atoms with E-state index >= 15 is 0 Å². The first-order valence-electron chi connectivity index (χ1n) is 5.11. The number of aliphatic imine (C=N–C) groups is 1. The molecule has 0 radical (unpaired) electrons. The van der Waals surface area contributed by atoms with Crippen LogP contribution in [0, 0.1) is 5.92 Å². The highest BCUT2D eigenvalue weighted by Gasteiger charge is 2.19. The average Bonchev–Trinajstić information content (AvgIpc) is 2.65. The molecule has 1 atom stereocenters. The van der Waals surface area contributed by atoms with Gasteiger partial charge in [-0.3, -0.25) is 9.79 Å². The summed E-state index contributed by atoms with van der Waals surface area (Å²) in [7, 11) is 0. The standard InChI is InChI=1S/C12H13NO2/c14-12(15)6-2-4-9-3-1-5-10-7-13-8-11(9)10/h1,3,5,7-9H,2,4,6H2,(H,14,15). The van der Waals surface area contributed by atoms with Crippen molar-refractivity contribution in [2.45, 2.75) is 19.3 Å². The number of carboxylic acid groups (broad SMARTS) is 1. The van der Waals surface area contributed by atoms with Crippen LogP contribution in [0.4, 0.5) is 0 Å². The Morgan fingerprint density at radius 2 is 2.40 bits per heavy atom. The minimum absolute atomic E-state index is 0.248. The van der Waals surface area contributed by atoms with E-state index in [-0.39, 0.29) is 6.42 Å². The molecule has 3 heteroatoms. The van der Waals surface area contributed by atoms with Gasteiger partial charge in [0.1, 0.15) is 0 Å². The summed E-state index contributed by atoms with van der Waals surface area (Å²) in [5.74, 6) is -0.381. The monoisotopic (exact) mass is 203 g/mol. The molecule has 3 nitrogen and oxygen atoms in total. The number of carbonyl (C=O) groups is 1. The first kappa shape index (κ1) is 9.90. The quantitative estimate of drug-likeness (QED) is 0.762. The fourth-order valence-corrected chi connectivity index (χ4v) is 1.92. The Hall–Kier alpha value is -1.64. The highest BCUT2D eigenvalue weighted by atomic mass is 16.4. The van der Waals surface area contributed by atoms with Crippen molar-refractivity contribution in [2.75, 3.05) is 0 Å². The molecule has 1 unspecified atom stereocenters. The summed E-state index contributed by atoms with van der Waals surface area (Å²) >= 11 is 0. The van der Waals surface area contributed by atoms with E-state index in [1.54, 1.807) is 0 Å². The van der Waals surface area contributed by atoms with Crippen molar-refractivity contribution in [3.8, 4) is 0 Å². The molecule has 0 spiro atoms. The van der Waals surface area contributed by atoms with Crippen LogP contribution in [0.15, 0.2) is 40.6 Å². The van der Waals surface area contributed by atoms with Crippen LogP contribution in [-0.2, 0) is 4.79 Å². The highest BCUT2D eigenvalue weighted by molar-refractivity contribution is 5.89. The van der Waals surface area contributed by atoms with Crippen molar-refractivity contribution >= 4 is 12.2 Å². The third kappa shape index (κ3) is 2.24. The van der Waals surface area contributed by atoms with Gasteiger partial charge in [-0.15, -0.1) is 0 Å². The van der Waals surface area contributed by atoms with E-state index in [9.17, 15) is 4.79 Å². The highest BCUT2D eigenvalue weighted by Crippen LogP contribution is 2.31. The molecule has 15 heavy (non-hydrogen) atoms. The number of nitrogens with zero attached hydrogens (tertiary/aromatic N) is 1.